The number of ketones is 1. The molecule has 192 valence electrons. The average molecular weight is 545 g/mol. The summed E-state index contributed by atoms with van der Waals surface area (Å²) in [6, 6.07) is 27.8. The van der Waals surface area contributed by atoms with Gasteiger partial charge in [0.25, 0.3) is 0 Å². The molecule has 1 unspecified atom stereocenters. The zero-order valence-electron chi connectivity index (χ0n) is 20.7. The number of carbonyl (C=O) groups excluding carboxylic acids is 1. The van der Waals surface area contributed by atoms with E-state index >= 15 is 0 Å². The average Bonchev–Trinajstić information content (AvgIpc) is 2.92. The summed E-state index contributed by atoms with van der Waals surface area (Å²) < 4.78 is 5.89. The predicted octanol–water partition coefficient (Wildman–Crippen LogP) is 8.33. The number of ether oxygens (including phenoxy) is 1. The molecule has 0 bridgehead atoms. The molecule has 0 spiro atoms. The van der Waals surface area contributed by atoms with Gasteiger partial charge in [0, 0.05) is 10.0 Å². The van der Waals surface area contributed by atoms with Crippen LogP contribution in [0.1, 0.15) is 33.5 Å². The third-order valence-electron chi connectivity index (χ3n) is 6.07. The summed E-state index contributed by atoms with van der Waals surface area (Å²) >= 11 is 11.9. The van der Waals surface area contributed by atoms with E-state index in [-0.39, 0.29) is 18.0 Å². The molecule has 0 aliphatic carbocycles. The van der Waals surface area contributed by atoms with Gasteiger partial charge in [0.1, 0.15) is 5.75 Å². The van der Waals surface area contributed by atoms with E-state index < -0.39 is 12.1 Å². The largest absolute Gasteiger partial charge is 0.479 e. The number of halogens is 2. The molecular weight excluding hydrogens is 519 g/mol. The van der Waals surface area contributed by atoms with Crippen molar-refractivity contribution in [3.05, 3.63) is 129 Å². The lowest BCUT2D eigenvalue weighted by Gasteiger charge is -2.17. The molecule has 4 rings (SSSR count). The molecular formula is C32H26Cl2O4. The van der Waals surface area contributed by atoms with Gasteiger partial charge in [-0.05, 0) is 84.5 Å². The molecule has 0 radical (unpaired) electrons. The minimum Gasteiger partial charge on any atom is -0.479 e. The van der Waals surface area contributed by atoms with Gasteiger partial charge in [0.2, 0.25) is 0 Å². The molecule has 38 heavy (non-hydrogen) atoms. The molecule has 0 aromatic heterocycles. The van der Waals surface area contributed by atoms with Crippen LogP contribution in [0.5, 0.6) is 5.75 Å². The molecule has 1 atom stereocenters. The number of hydrogen-bond donors (Lipinski definition) is 1. The van der Waals surface area contributed by atoms with Gasteiger partial charge >= 0.3 is 5.97 Å². The van der Waals surface area contributed by atoms with Gasteiger partial charge in [-0.3, -0.25) is 4.79 Å². The van der Waals surface area contributed by atoms with Crippen LogP contribution in [0.3, 0.4) is 0 Å². The number of benzene rings is 4. The number of carboxylic acid groups (broad SMARTS) is 1. The van der Waals surface area contributed by atoms with Crippen molar-refractivity contribution in [3.8, 4) is 16.9 Å². The summed E-state index contributed by atoms with van der Waals surface area (Å²) in [4.78, 5) is 25.0. The highest BCUT2D eigenvalue weighted by Gasteiger charge is 2.22. The van der Waals surface area contributed by atoms with Gasteiger partial charge in [-0.15, -0.1) is 0 Å². The highest BCUT2D eigenvalue weighted by atomic mass is 35.5. The van der Waals surface area contributed by atoms with E-state index in [0.29, 0.717) is 22.0 Å². The van der Waals surface area contributed by atoms with Crippen LogP contribution in [-0.4, -0.2) is 23.0 Å². The van der Waals surface area contributed by atoms with Crippen LogP contribution < -0.4 is 4.74 Å². The Hall–Kier alpha value is -3.86. The summed E-state index contributed by atoms with van der Waals surface area (Å²) in [5.74, 6) is -1.12. The van der Waals surface area contributed by atoms with Crippen molar-refractivity contribution in [1.29, 1.82) is 0 Å². The van der Waals surface area contributed by atoms with E-state index in [2.05, 4.69) is 0 Å². The number of aliphatic carboxylic acids is 1. The van der Waals surface area contributed by atoms with Gasteiger partial charge in [0.05, 0.1) is 5.56 Å². The van der Waals surface area contributed by atoms with Gasteiger partial charge in [-0.2, -0.15) is 0 Å². The topological polar surface area (TPSA) is 63.6 Å². The molecule has 0 heterocycles. The first kappa shape index (κ1) is 27.2. The first-order chi connectivity index (χ1) is 18.3. The van der Waals surface area contributed by atoms with Crippen LogP contribution in [0, 0.1) is 6.92 Å². The second-order valence-electron chi connectivity index (χ2n) is 8.94. The number of aryl methyl sites for hydroxylation is 2. The van der Waals surface area contributed by atoms with Crippen molar-refractivity contribution in [2.75, 3.05) is 0 Å². The molecule has 4 aromatic carbocycles. The number of carboxylic acids is 1. The van der Waals surface area contributed by atoms with Gasteiger partial charge < -0.3 is 9.84 Å². The van der Waals surface area contributed by atoms with Crippen LogP contribution in [0.25, 0.3) is 17.2 Å². The molecule has 0 fully saturated rings. The third kappa shape index (κ3) is 7.34. The fraction of sp³-hybridized carbons (Fsp3) is 0.125. The van der Waals surface area contributed by atoms with Crippen LogP contribution in [0.2, 0.25) is 10.0 Å². The molecule has 6 heteroatoms. The molecule has 0 aliphatic heterocycles. The zero-order chi connectivity index (χ0) is 27.1. The lowest BCUT2D eigenvalue weighted by Crippen LogP contribution is -2.28. The van der Waals surface area contributed by atoms with Crippen LogP contribution in [0.4, 0.5) is 0 Å². The van der Waals surface area contributed by atoms with Crippen LogP contribution in [0.15, 0.2) is 97.1 Å². The number of rotatable bonds is 10. The van der Waals surface area contributed by atoms with Gasteiger partial charge in [0.15, 0.2) is 11.9 Å². The van der Waals surface area contributed by atoms with Gasteiger partial charge in [-0.1, -0.05) is 89.4 Å². The Labute approximate surface area is 232 Å². The smallest absolute Gasteiger partial charge is 0.344 e. The summed E-state index contributed by atoms with van der Waals surface area (Å²) in [6.45, 7) is 1.87. The first-order valence-corrected chi connectivity index (χ1v) is 12.9. The van der Waals surface area contributed by atoms with Crippen molar-refractivity contribution >= 4 is 41.0 Å². The minimum absolute atomic E-state index is 0.242. The van der Waals surface area contributed by atoms with Crippen molar-refractivity contribution in [2.45, 2.75) is 25.9 Å². The Morgan fingerprint density at radius 3 is 2.03 bits per heavy atom. The summed E-state index contributed by atoms with van der Waals surface area (Å²) in [6.07, 6.45) is 2.78. The summed E-state index contributed by atoms with van der Waals surface area (Å²) in [7, 11) is 0. The molecule has 0 saturated heterocycles. The monoisotopic (exact) mass is 544 g/mol. The molecule has 0 amide bonds. The molecule has 1 N–H and O–H groups in total. The lowest BCUT2D eigenvalue weighted by atomic mass is 10.0. The maximum absolute atomic E-state index is 13.0. The van der Waals surface area contributed by atoms with Gasteiger partial charge in [-0.25, -0.2) is 4.79 Å². The van der Waals surface area contributed by atoms with E-state index in [0.717, 1.165) is 27.8 Å². The summed E-state index contributed by atoms with van der Waals surface area (Å²) in [5.41, 5.74) is 5.09. The minimum atomic E-state index is -1.11. The Bertz CT molecular complexity index is 1440. The van der Waals surface area contributed by atoms with Crippen molar-refractivity contribution in [1.82, 2.24) is 0 Å². The van der Waals surface area contributed by atoms with Crippen LogP contribution in [-0.2, 0) is 11.2 Å². The molecule has 4 nitrogen and oxygen atoms in total. The summed E-state index contributed by atoms with van der Waals surface area (Å²) in [5, 5.41) is 11.1. The van der Waals surface area contributed by atoms with Crippen LogP contribution >= 0.6 is 23.2 Å². The number of carbonyl (C=O) groups is 2. The molecule has 0 saturated carbocycles. The Kier molecular flexibility index (Phi) is 9.01. The number of hydrogen-bond acceptors (Lipinski definition) is 3. The normalized spacial score (nSPS) is 11.9. The maximum atomic E-state index is 13.0. The van der Waals surface area contributed by atoms with E-state index in [1.54, 1.807) is 36.4 Å². The zero-order valence-corrected chi connectivity index (χ0v) is 22.2. The van der Waals surface area contributed by atoms with E-state index in [4.69, 9.17) is 27.9 Å². The molecule has 4 aromatic rings. The Balaban J connectivity index is 1.45. The maximum Gasteiger partial charge on any atom is 0.344 e. The highest BCUT2D eigenvalue weighted by Crippen LogP contribution is 2.25. The second kappa shape index (κ2) is 12.6. The Morgan fingerprint density at radius 1 is 0.842 bits per heavy atom. The van der Waals surface area contributed by atoms with E-state index in [9.17, 15) is 14.7 Å². The fourth-order valence-electron chi connectivity index (χ4n) is 3.96. The Morgan fingerprint density at radius 2 is 1.42 bits per heavy atom. The van der Waals surface area contributed by atoms with Crippen molar-refractivity contribution in [3.63, 3.8) is 0 Å². The quantitative estimate of drug-likeness (QED) is 0.161. The SMILES string of the molecule is Cc1ccc(OC(CCc2ccc(-c3ccc(Cl)cc3)cc2)C(=O)O)c(C(=O)C=Cc2ccc(Cl)cc2)c1. The highest BCUT2D eigenvalue weighted by molar-refractivity contribution is 6.30. The fourth-order valence-corrected chi connectivity index (χ4v) is 4.22. The predicted molar refractivity (Wildman–Crippen MR) is 153 cm³/mol. The first-order valence-electron chi connectivity index (χ1n) is 12.1. The number of allylic oxidation sites excluding steroid dienone is 1. The lowest BCUT2D eigenvalue weighted by molar-refractivity contribution is -0.145. The van der Waals surface area contributed by atoms with E-state index in [1.165, 1.54) is 6.08 Å². The molecule has 0 aliphatic rings. The van der Waals surface area contributed by atoms with E-state index in [1.807, 2.05) is 67.6 Å². The standard InChI is InChI=1S/C32H26Cl2O4/c1-21-2-18-30(28(20-21)29(35)17-7-23-5-13-26(33)14-6-23)38-31(32(36)37)19-8-22-3-9-24(10-4-22)25-11-15-27(34)16-12-25/h2-7,9-18,20,31H,8,19H2,1H3,(H,36,37). The van der Waals surface area contributed by atoms with Crippen molar-refractivity contribution in [2.24, 2.45) is 0 Å². The van der Waals surface area contributed by atoms with Crippen molar-refractivity contribution < 1.29 is 19.4 Å². The second-order valence-corrected chi connectivity index (χ2v) is 9.81. The third-order valence-corrected chi connectivity index (χ3v) is 6.57.